The van der Waals surface area contributed by atoms with E-state index >= 15 is 0 Å². The van der Waals surface area contributed by atoms with E-state index in [9.17, 15) is 23.7 Å². The van der Waals surface area contributed by atoms with Gasteiger partial charge in [-0.25, -0.2) is 13.8 Å². The number of esters is 1. The molecule has 1 aliphatic heterocycles. The van der Waals surface area contributed by atoms with Crippen LogP contribution in [0.1, 0.15) is 32.1 Å². The number of benzene rings is 1. The molecular formula is C26H32FN4O8P. The van der Waals surface area contributed by atoms with Gasteiger partial charge in [0.05, 0.1) is 12.7 Å². The van der Waals surface area contributed by atoms with Crippen molar-refractivity contribution < 1.29 is 37.4 Å². The Morgan fingerprint density at radius 2 is 2.10 bits per heavy atom. The van der Waals surface area contributed by atoms with Crippen molar-refractivity contribution in [1.82, 2.24) is 14.6 Å². The van der Waals surface area contributed by atoms with Crippen LogP contribution in [0.15, 0.2) is 83.8 Å². The number of carbonyl (C=O) groups excluding carboxylic acids is 1. The molecule has 40 heavy (non-hydrogen) atoms. The van der Waals surface area contributed by atoms with Gasteiger partial charge in [-0.15, -0.1) is 0 Å². The molecule has 1 aliphatic rings. The molecule has 1 unspecified atom stereocenters. The molecule has 216 valence electrons. The van der Waals surface area contributed by atoms with E-state index < -0.39 is 56.3 Å². The molecule has 0 saturated carbocycles. The second-order valence-electron chi connectivity index (χ2n) is 8.84. The first-order valence-electron chi connectivity index (χ1n) is 12.3. The van der Waals surface area contributed by atoms with Crippen LogP contribution >= 0.6 is 7.75 Å². The number of nitrogens with zero attached hydrogens (tertiary/aromatic N) is 2. The second kappa shape index (κ2) is 14.1. The maximum atomic E-state index is 13.7. The highest BCUT2D eigenvalue weighted by Gasteiger charge is 2.39. The van der Waals surface area contributed by atoms with Crippen molar-refractivity contribution in [2.45, 2.75) is 51.4 Å². The van der Waals surface area contributed by atoms with Gasteiger partial charge in [-0.2, -0.15) is 10.1 Å². The Kier molecular flexibility index (Phi) is 10.9. The number of nitrogens with two attached hydrogens (primary N) is 1. The van der Waals surface area contributed by atoms with Crippen molar-refractivity contribution in [3.05, 3.63) is 95.0 Å². The Morgan fingerprint density at radius 1 is 1.38 bits per heavy atom. The summed E-state index contributed by atoms with van der Waals surface area (Å²) in [6, 6.07) is 9.23. The van der Waals surface area contributed by atoms with Crippen molar-refractivity contribution in [2.75, 3.05) is 12.3 Å². The van der Waals surface area contributed by atoms with Crippen LogP contribution < -0.4 is 16.5 Å². The van der Waals surface area contributed by atoms with E-state index in [1.165, 1.54) is 32.2 Å². The Hall–Kier alpha value is -3.61. The third-order valence-electron chi connectivity index (χ3n) is 5.64. The number of nitrogen functional groups attached to an aromatic ring is 1. The van der Waals surface area contributed by atoms with Crippen molar-refractivity contribution >= 4 is 19.5 Å². The number of aromatic nitrogens is 2. The van der Waals surface area contributed by atoms with Gasteiger partial charge < -0.3 is 24.8 Å². The number of halogens is 1. The second-order valence-corrected chi connectivity index (χ2v) is 10.5. The van der Waals surface area contributed by atoms with Crippen molar-refractivity contribution in [2.24, 2.45) is 0 Å². The number of allylic oxidation sites excluding steroid dienone is 5. The van der Waals surface area contributed by atoms with Gasteiger partial charge in [0, 0.05) is 12.6 Å². The van der Waals surface area contributed by atoms with E-state index in [1.807, 2.05) is 6.07 Å². The monoisotopic (exact) mass is 578 g/mol. The first-order valence-corrected chi connectivity index (χ1v) is 13.8. The Labute approximate surface area is 230 Å². The summed E-state index contributed by atoms with van der Waals surface area (Å²) < 4.78 is 50.3. The largest absolute Gasteiger partial charge is 0.460 e. The Morgan fingerprint density at radius 3 is 2.77 bits per heavy atom. The van der Waals surface area contributed by atoms with Crippen LogP contribution in [0.2, 0.25) is 0 Å². The molecule has 1 saturated heterocycles. The Balaban J connectivity index is 1.70. The van der Waals surface area contributed by atoms with Crippen molar-refractivity contribution in [3.8, 4) is 0 Å². The highest BCUT2D eigenvalue weighted by atomic mass is 31.2. The van der Waals surface area contributed by atoms with Crippen LogP contribution in [-0.2, 0) is 34.5 Å². The number of carbonyl (C=O) groups is 1. The lowest BCUT2D eigenvalue weighted by Gasteiger charge is -2.25. The zero-order valence-corrected chi connectivity index (χ0v) is 22.9. The van der Waals surface area contributed by atoms with Crippen molar-refractivity contribution in [3.63, 3.8) is 0 Å². The summed E-state index contributed by atoms with van der Waals surface area (Å²) in [5.74, 6) is -1.37. The molecular weight excluding hydrogens is 546 g/mol. The number of nitrogens with one attached hydrogen (secondary N) is 1. The van der Waals surface area contributed by atoms with Gasteiger partial charge in [-0.05, 0) is 43.7 Å². The fourth-order valence-corrected chi connectivity index (χ4v) is 5.11. The summed E-state index contributed by atoms with van der Waals surface area (Å²) in [6.45, 7) is 5.65. The summed E-state index contributed by atoms with van der Waals surface area (Å²) in [7, 11) is -4.32. The summed E-state index contributed by atoms with van der Waals surface area (Å²) >= 11 is 0. The van der Waals surface area contributed by atoms with Gasteiger partial charge in [0.25, 0.3) is 0 Å². The van der Waals surface area contributed by atoms with Crippen molar-refractivity contribution in [1.29, 1.82) is 0 Å². The topological polar surface area (TPSA) is 164 Å². The number of hydrogen-bond acceptors (Lipinski definition) is 10. The molecule has 2 heterocycles. The van der Waals surface area contributed by atoms with Crippen LogP contribution in [0.3, 0.4) is 0 Å². The lowest BCUT2D eigenvalue weighted by molar-refractivity contribution is -0.146. The molecule has 0 aliphatic carbocycles. The van der Waals surface area contributed by atoms with E-state index in [4.69, 9.17) is 24.3 Å². The highest BCUT2D eigenvalue weighted by Crippen LogP contribution is 2.47. The zero-order chi connectivity index (χ0) is 29.3. The number of hydrogen-bond donors (Lipinski definition) is 3. The van der Waals surface area contributed by atoms with Crippen LogP contribution in [-0.4, -0.2) is 45.5 Å². The van der Waals surface area contributed by atoms with E-state index in [0.717, 1.165) is 22.3 Å². The standard InChI is InChI=1S/C26H32FN4O8P/c1-4-20(27)11-10-17(2)39-40(35,30-18(3)25(33)36-15-19-8-6-5-7-9-19)37-16-22-21(32)14-24(38-22)31-13-12-23(28)29-26(31)34/h4-13,18,21-22,24,32H,1,14-16H2,2-3H3,(H,30,35)(H2,28,29,34)/b17-10+,20-11+/t18-,21+,22+,24+,40?/m0/s1. The molecule has 0 spiro atoms. The molecule has 0 bridgehead atoms. The predicted molar refractivity (Wildman–Crippen MR) is 144 cm³/mol. The number of ether oxygens (including phenoxy) is 2. The lowest BCUT2D eigenvalue weighted by atomic mass is 10.2. The molecule has 4 N–H and O–H groups in total. The first-order chi connectivity index (χ1) is 19.0. The number of aliphatic hydroxyl groups excluding tert-OH is 1. The minimum Gasteiger partial charge on any atom is -0.460 e. The summed E-state index contributed by atoms with van der Waals surface area (Å²) in [5.41, 5.74) is 5.60. The highest BCUT2D eigenvalue weighted by molar-refractivity contribution is 7.51. The van der Waals surface area contributed by atoms with E-state index in [1.54, 1.807) is 24.3 Å². The number of anilines is 1. The fourth-order valence-electron chi connectivity index (χ4n) is 3.57. The molecule has 1 aromatic carbocycles. The number of aliphatic hydroxyl groups is 1. The van der Waals surface area contributed by atoms with E-state index in [-0.39, 0.29) is 24.6 Å². The quantitative estimate of drug-likeness (QED) is 0.138. The molecule has 1 aromatic heterocycles. The van der Waals surface area contributed by atoms with Gasteiger partial charge in [-0.1, -0.05) is 36.9 Å². The van der Waals surface area contributed by atoms with Crippen LogP contribution in [0.4, 0.5) is 10.2 Å². The van der Waals surface area contributed by atoms with Gasteiger partial charge in [0.2, 0.25) is 0 Å². The Bertz CT molecular complexity index is 1350. The zero-order valence-electron chi connectivity index (χ0n) is 22.0. The average Bonchev–Trinajstić information content (AvgIpc) is 3.29. The van der Waals surface area contributed by atoms with Gasteiger partial charge in [0.15, 0.2) is 0 Å². The molecule has 12 nitrogen and oxygen atoms in total. The van der Waals surface area contributed by atoms with Gasteiger partial charge in [0.1, 0.15) is 42.4 Å². The summed E-state index contributed by atoms with van der Waals surface area (Å²) in [5, 5.41) is 13.0. The molecule has 3 rings (SSSR count). The van der Waals surface area contributed by atoms with Gasteiger partial charge >= 0.3 is 19.4 Å². The molecule has 1 fully saturated rings. The van der Waals surface area contributed by atoms with E-state index in [2.05, 4.69) is 16.7 Å². The molecule has 5 atom stereocenters. The first kappa shape index (κ1) is 30.9. The summed E-state index contributed by atoms with van der Waals surface area (Å²) in [4.78, 5) is 28.4. The molecule has 0 radical (unpaired) electrons. The SMILES string of the molecule is C=C/C(F)=C\C=C(/C)OP(=O)(N[C@@H](C)C(=O)OCc1ccccc1)OC[C@H]1O[C@@H](n2ccc(N)nc2=O)C[C@H]1O. The minimum absolute atomic E-state index is 0.00881. The third-order valence-corrected chi connectivity index (χ3v) is 7.36. The molecule has 14 heteroatoms. The summed E-state index contributed by atoms with van der Waals surface area (Å²) in [6.07, 6.45) is 1.62. The van der Waals surface area contributed by atoms with Crippen LogP contribution in [0.5, 0.6) is 0 Å². The lowest BCUT2D eigenvalue weighted by Crippen LogP contribution is -2.35. The van der Waals surface area contributed by atoms with Crippen LogP contribution in [0.25, 0.3) is 0 Å². The normalized spacial score (nSPS) is 21.9. The van der Waals surface area contributed by atoms with Gasteiger partial charge in [-0.3, -0.25) is 13.9 Å². The fraction of sp³-hybridized carbons (Fsp3) is 0.346. The maximum Gasteiger partial charge on any atom is 0.459 e. The molecule has 2 aromatic rings. The predicted octanol–water partition coefficient (Wildman–Crippen LogP) is 3.28. The molecule has 0 amide bonds. The minimum atomic E-state index is -4.32. The van der Waals surface area contributed by atoms with E-state index in [0.29, 0.717) is 0 Å². The maximum absolute atomic E-state index is 13.7. The third kappa shape index (κ3) is 8.97. The van der Waals surface area contributed by atoms with Crippen LogP contribution in [0, 0.1) is 0 Å². The smallest absolute Gasteiger partial charge is 0.459 e. The number of rotatable bonds is 13. The average molecular weight is 579 g/mol.